The molecule has 0 nitrogen and oxygen atoms in total. The third-order valence-electron chi connectivity index (χ3n) is 4.37. The van der Waals surface area contributed by atoms with Gasteiger partial charge in [-0.2, -0.15) is 6.07 Å². The van der Waals surface area contributed by atoms with E-state index in [0.717, 1.165) is 9.52 Å². The van der Waals surface area contributed by atoms with Crippen LogP contribution < -0.4 is 5.19 Å². The first-order valence-corrected chi connectivity index (χ1v) is 10.4. The van der Waals surface area contributed by atoms with Gasteiger partial charge in [-0.05, 0) is 11.8 Å². The molecule has 0 amide bonds. The van der Waals surface area contributed by atoms with Crippen molar-refractivity contribution in [1.82, 2.24) is 0 Å². The average Bonchev–Trinajstić information content (AvgIpc) is 2.95. The van der Waals surface area contributed by atoms with Crippen LogP contribution in [-0.4, -0.2) is 9.52 Å². The summed E-state index contributed by atoms with van der Waals surface area (Å²) in [5.41, 5.74) is 4.33. The van der Waals surface area contributed by atoms with Gasteiger partial charge in [0.05, 0.1) is 9.52 Å². The summed E-state index contributed by atoms with van der Waals surface area (Å²) in [7, 11) is 0.930. The first-order chi connectivity index (χ1) is 11.4. The van der Waals surface area contributed by atoms with Crippen LogP contribution >= 0.6 is 0 Å². The van der Waals surface area contributed by atoms with Gasteiger partial charge in [-0.25, -0.2) is 0 Å². The molecule has 25 heavy (non-hydrogen) atoms. The number of fused-ring (bicyclic) bond motifs is 1. The summed E-state index contributed by atoms with van der Waals surface area (Å²) in [5.74, 6) is 1.21. The Morgan fingerprint density at radius 3 is 2.00 bits per heavy atom. The van der Waals surface area contributed by atoms with E-state index in [2.05, 4.69) is 89.7 Å². The van der Waals surface area contributed by atoms with Crippen molar-refractivity contribution in [2.45, 2.75) is 53.0 Å². The molecule has 2 radical (unpaired) electrons. The number of hydrogen-bond donors (Lipinski definition) is 0. The van der Waals surface area contributed by atoms with Crippen molar-refractivity contribution in [2.24, 2.45) is 0 Å². The number of benzene rings is 2. The van der Waals surface area contributed by atoms with E-state index in [-0.39, 0.29) is 26.2 Å². The topological polar surface area (TPSA) is 0 Å². The summed E-state index contributed by atoms with van der Waals surface area (Å²) in [6.45, 7) is 13.5. The van der Waals surface area contributed by atoms with Crippen LogP contribution in [0.1, 0.15) is 56.2 Å². The summed E-state index contributed by atoms with van der Waals surface area (Å²) in [6.07, 6.45) is 0. The van der Waals surface area contributed by atoms with Gasteiger partial charge < -0.3 is 0 Å². The molecule has 0 atom stereocenters. The van der Waals surface area contributed by atoms with Crippen molar-refractivity contribution in [1.29, 1.82) is 0 Å². The van der Waals surface area contributed by atoms with Gasteiger partial charge in [-0.15, -0.1) is 28.5 Å². The molecule has 130 valence electrons. The van der Waals surface area contributed by atoms with Gasteiger partial charge >= 0.3 is 0 Å². The summed E-state index contributed by atoms with van der Waals surface area (Å²) in [5, 5.41) is 4.29. The summed E-state index contributed by atoms with van der Waals surface area (Å²) < 4.78 is 0. The Bertz CT molecular complexity index is 769. The maximum atomic E-state index is 2.39. The molecule has 0 saturated heterocycles. The second-order valence-electron chi connectivity index (χ2n) is 7.07. The molecule has 3 aromatic carbocycles. The summed E-state index contributed by atoms with van der Waals surface area (Å²) in [4.78, 5) is 0. The molecular formula is C23H29SiZr-. The number of hydrogen-bond acceptors (Lipinski definition) is 0. The van der Waals surface area contributed by atoms with E-state index < -0.39 is 0 Å². The van der Waals surface area contributed by atoms with Crippen molar-refractivity contribution >= 4 is 25.5 Å². The maximum absolute atomic E-state index is 2.39. The van der Waals surface area contributed by atoms with E-state index in [1.54, 1.807) is 0 Å². The van der Waals surface area contributed by atoms with Gasteiger partial charge in [-0.3, -0.25) is 0 Å². The molecule has 0 unspecified atom stereocenters. The fourth-order valence-corrected chi connectivity index (χ4v) is 3.47. The molecule has 0 fully saturated rings. The van der Waals surface area contributed by atoms with Gasteiger partial charge in [0.1, 0.15) is 0 Å². The van der Waals surface area contributed by atoms with Gasteiger partial charge in [0, 0.05) is 26.2 Å². The van der Waals surface area contributed by atoms with Crippen LogP contribution in [0, 0.1) is 6.92 Å². The van der Waals surface area contributed by atoms with Crippen molar-refractivity contribution < 1.29 is 26.2 Å². The number of aryl methyl sites for hydroxylation is 1. The molecule has 0 saturated carbocycles. The third kappa shape index (κ3) is 6.12. The molecule has 0 aromatic heterocycles. The fourth-order valence-electron chi connectivity index (χ4n) is 2.94. The van der Waals surface area contributed by atoms with Gasteiger partial charge in [0.15, 0.2) is 0 Å². The van der Waals surface area contributed by atoms with Crippen LogP contribution in [0.25, 0.3) is 10.8 Å². The SMILES string of the molecule is C[Si]c1ccccc1.Cc1cc2c(C(C)C)cc(C(C)C)cc2[cH-]1.[Zr]. The molecule has 0 bridgehead atoms. The first kappa shape index (κ1) is 22.2. The third-order valence-corrected chi connectivity index (χ3v) is 5.28. The van der Waals surface area contributed by atoms with Crippen molar-refractivity contribution in [3.63, 3.8) is 0 Å². The Morgan fingerprint density at radius 2 is 1.52 bits per heavy atom. The molecule has 3 aromatic rings. The smallest absolute Gasteiger partial charge is 0.0773 e. The van der Waals surface area contributed by atoms with Crippen LogP contribution in [0.5, 0.6) is 0 Å². The van der Waals surface area contributed by atoms with Crippen LogP contribution in [0.2, 0.25) is 6.55 Å². The molecule has 0 heterocycles. The molecule has 0 aliphatic rings. The Kier molecular flexibility index (Phi) is 9.17. The normalized spacial score (nSPS) is 10.6. The zero-order valence-electron chi connectivity index (χ0n) is 16.4. The zero-order valence-corrected chi connectivity index (χ0v) is 19.8. The van der Waals surface area contributed by atoms with Gasteiger partial charge in [0.25, 0.3) is 0 Å². The molecule has 0 aliphatic carbocycles. The van der Waals surface area contributed by atoms with E-state index in [9.17, 15) is 0 Å². The van der Waals surface area contributed by atoms with Crippen LogP contribution in [0.3, 0.4) is 0 Å². The Labute approximate surface area is 175 Å². The van der Waals surface area contributed by atoms with E-state index in [1.165, 1.54) is 32.6 Å². The van der Waals surface area contributed by atoms with E-state index in [4.69, 9.17) is 0 Å². The average molecular weight is 425 g/mol. The molecule has 0 N–H and O–H groups in total. The van der Waals surface area contributed by atoms with Gasteiger partial charge in [-0.1, -0.05) is 93.9 Å². The predicted molar refractivity (Wildman–Crippen MR) is 110 cm³/mol. The van der Waals surface area contributed by atoms with E-state index >= 15 is 0 Å². The summed E-state index contributed by atoms with van der Waals surface area (Å²) >= 11 is 0. The predicted octanol–water partition coefficient (Wildman–Crippen LogP) is 6.18. The minimum atomic E-state index is 0. The van der Waals surface area contributed by atoms with Crippen molar-refractivity contribution in [2.75, 3.05) is 0 Å². The Balaban J connectivity index is 0.000000295. The van der Waals surface area contributed by atoms with E-state index in [1.807, 2.05) is 6.07 Å². The zero-order chi connectivity index (χ0) is 17.7. The van der Waals surface area contributed by atoms with Crippen molar-refractivity contribution in [3.8, 4) is 0 Å². The van der Waals surface area contributed by atoms with Crippen LogP contribution in [0.15, 0.2) is 54.6 Å². The fraction of sp³-hybridized carbons (Fsp3) is 0.348. The first-order valence-electron chi connectivity index (χ1n) is 8.86. The Hall–Kier alpha value is -0.850. The second-order valence-corrected chi connectivity index (χ2v) is 8.15. The molecule has 0 aliphatic heterocycles. The number of rotatable bonds is 3. The maximum Gasteiger partial charge on any atom is 0.0773 e. The standard InChI is InChI=1S/C16H21.C7H8Si.Zr/c1-10(2)13-8-14-6-12(5)7-16(14)15(9-13)11(3)4;1-8-7-5-3-2-4-6-7;/h6-11H,1-5H3;2-6H,1H3;/q-1;;. The Morgan fingerprint density at radius 1 is 0.880 bits per heavy atom. The largest absolute Gasteiger partial charge is 0.165 e. The van der Waals surface area contributed by atoms with Crippen LogP contribution in [-0.2, 0) is 26.2 Å². The quantitative estimate of drug-likeness (QED) is 0.348. The molecular weight excluding hydrogens is 396 g/mol. The van der Waals surface area contributed by atoms with E-state index in [0.29, 0.717) is 11.8 Å². The van der Waals surface area contributed by atoms with Crippen molar-refractivity contribution in [3.05, 3.63) is 71.3 Å². The second kappa shape index (κ2) is 10.3. The minimum absolute atomic E-state index is 0. The molecule has 0 spiro atoms. The van der Waals surface area contributed by atoms with Crippen LogP contribution in [0.4, 0.5) is 0 Å². The van der Waals surface area contributed by atoms with Gasteiger partial charge in [0.2, 0.25) is 0 Å². The minimum Gasteiger partial charge on any atom is -0.165 e. The summed E-state index contributed by atoms with van der Waals surface area (Å²) in [6, 6.07) is 19.8. The molecule has 3 rings (SSSR count). The molecule has 2 heteroatoms. The monoisotopic (exact) mass is 423 g/mol.